The molecule has 0 fully saturated rings. The zero-order valence-electron chi connectivity index (χ0n) is 21.1. The number of carboxylic acids is 2. The first-order valence-corrected chi connectivity index (χ1v) is 13.1. The van der Waals surface area contributed by atoms with Gasteiger partial charge in [0.05, 0.1) is 5.97 Å². The van der Waals surface area contributed by atoms with Crippen molar-refractivity contribution in [2.75, 3.05) is 6.61 Å². The first kappa shape index (κ1) is 41.0. The molecule has 0 amide bonds. The molecule has 0 aromatic carbocycles. The van der Waals surface area contributed by atoms with E-state index in [1.54, 1.807) is 0 Å². The maximum Gasteiger partial charge on any atom is 1.00 e. The van der Waals surface area contributed by atoms with Gasteiger partial charge >= 0.3 is 59.1 Å². The summed E-state index contributed by atoms with van der Waals surface area (Å²) in [4.78, 5) is 19.7. The molecular weight excluding hydrogens is 470 g/mol. The van der Waals surface area contributed by atoms with Gasteiger partial charge in [-0.25, -0.2) is 0 Å². The first-order valence-electron chi connectivity index (χ1n) is 11.6. The van der Waals surface area contributed by atoms with Crippen molar-refractivity contribution >= 4 is 22.1 Å². The molecule has 0 aliphatic carbocycles. The second-order valence-electron chi connectivity index (χ2n) is 7.93. The van der Waals surface area contributed by atoms with Gasteiger partial charge < -0.3 is 24.9 Å². The van der Waals surface area contributed by atoms with E-state index in [-0.39, 0.29) is 59.1 Å². The summed E-state index contributed by atoms with van der Waals surface area (Å²) in [6.07, 6.45) is 20.8. The molecule has 0 radical (unpaired) electrons. The van der Waals surface area contributed by atoms with E-state index in [1.807, 2.05) is 0 Å². The molecule has 0 saturated heterocycles. The average Bonchev–Trinajstić information content (AvgIpc) is 2.68. The van der Waals surface area contributed by atoms with Crippen molar-refractivity contribution < 1.29 is 97.0 Å². The van der Waals surface area contributed by atoms with Gasteiger partial charge in [-0.1, -0.05) is 103 Å². The molecule has 0 aromatic heterocycles. The maximum atomic E-state index is 10.2. The number of hydrogen-bond acceptors (Lipinski definition) is 7. The smallest absolute Gasteiger partial charge is 0.550 e. The van der Waals surface area contributed by atoms with Crippen molar-refractivity contribution in [3.05, 3.63) is 0 Å². The van der Waals surface area contributed by atoms with E-state index >= 15 is 0 Å². The van der Waals surface area contributed by atoms with Gasteiger partial charge in [-0.2, -0.15) is 8.42 Å². The Labute approximate surface area is 245 Å². The molecule has 0 aliphatic rings. The quantitative estimate of drug-likeness (QED) is 0.0963. The Morgan fingerprint density at radius 3 is 1.18 bits per heavy atom. The van der Waals surface area contributed by atoms with E-state index in [4.69, 9.17) is 9.66 Å². The number of aliphatic carboxylic acids is 2. The summed E-state index contributed by atoms with van der Waals surface area (Å²) >= 11 is 0. The van der Waals surface area contributed by atoms with E-state index in [1.165, 1.54) is 96.3 Å². The third-order valence-corrected chi connectivity index (χ3v) is 6.06. The number of aliphatic hydroxyl groups excluding tert-OH is 1. The van der Waals surface area contributed by atoms with Crippen LogP contribution in [0.2, 0.25) is 0 Å². The molecule has 0 spiro atoms. The monoisotopic (exact) mass is 512 g/mol. The molecule has 33 heavy (non-hydrogen) atoms. The zero-order valence-corrected chi connectivity index (χ0v) is 25.9. The molecular formula is C22H42Na2O8S. The molecule has 0 saturated carbocycles. The molecule has 2 N–H and O–H groups in total. The summed E-state index contributed by atoms with van der Waals surface area (Å²) < 4.78 is 28.5. The van der Waals surface area contributed by atoms with E-state index < -0.39 is 33.7 Å². The Bertz CT molecular complexity index is 529. The molecule has 1 unspecified atom stereocenters. The normalized spacial score (nSPS) is 11.4. The Kier molecular flexibility index (Phi) is 36.0. The van der Waals surface area contributed by atoms with E-state index in [0.717, 1.165) is 6.42 Å². The maximum absolute atomic E-state index is 10.2. The number of carbonyl (C=O) groups excluding carboxylic acids is 2. The zero-order chi connectivity index (χ0) is 24.0. The Hall–Kier alpha value is 0.810. The second-order valence-corrected chi connectivity index (χ2v) is 9.52. The largest absolute Gasteiger partial charge is 1.00 e. The minimum absolute atomic E-state index is 0. The van der Waals surface area contributed by atoms with Crippen molar-refractivity contribution in [1.82, 2.24) is 0 Å². The molecule has 0 bridgehead atoms. The predicted octanol–water partition coefficient (Wildman–Crippen LogP) is -3.62. The van der Waals surface area contributed by atoms with Gasteiger partial charge in [0.2, 0.25) is 0 Å². The molecule has 0 rings (SSSR count). The molecule has 186 valence electrons. The number of aliphatic hydroxyl groups is 1. The minimum atomic E-state index is -4.94. The van der Waals surface area contributed by atoms with Crippen LogP contribution in [-0.4, -0.2) is 41.9 Å². The Morgan fingerprint density at radius 2 is 1.00 bits per heavy atom. The summed E-state index contributed by atoms with van der Waals surface area (Å²) in [5.74, 6) is -4.08. The minimum Gasteiger partial charge on any atom is -0.550 e. The van der Waals surface area contributed by atoms with Gasteiger partial charge in [0.15, 0.2) is 0 Å². The average molecular weight is 513 g/mol. The van der Waals surface area contributed by atoms with Crippen LogP contribution in [0.3, 0.4) is 0 Å². The van der Waals surface area contributed by atoms with Crippen LogP contribution >= 0.6 is 0 Å². The van der Waals surface area contributed by atoms with Crippen LogP contribution in [0.1, 0.15) is 116 Å². The van der Waals surface area contributed by atoms with Gasteiger partial charge in [-0.05, 0) is 6.42 Å². The Balaban J connectivity index is -0.000000262. The fourth-order valence-electron chi connectivity index (χ4n) is 3.12. The van der Waals surface area contributed by atoms with E-state index in [2.05, 4.69) is 6.92 Å². The van der Waals surface area contributed by atoms with E-state index in [0.29, 0.717) is 6.61 Å². The van der Waals surface area contributed by atoms with Crippen molar-refractivity contribution in [2.24, 2.45) is 0 Å². The summed E-state index contributed by atoms with van der Waals surface area (Å²) in [6, 6.07) is 0. The van der Waals surface area contributed by atoms with Crippen LogP contribution < -0.4 is 69.3 Å². The van der Waals surface area contributed by atoms with Crippen molar-refractivity contribution in [1.29, 1.82) is 0 Å². The summed E-state index contributed by atoms with van der Waals surface area (Å²) in [7, 11) is -4.94. The topological polar surface area (TPSA) is 155 Å². The van der Waals surface area contributed by atoms with Gasteiger partial charge in [0, 0.05) is 19.0 Å². The number of carboxylic acid groups (broad SMARTS) is 2. The van der Waals surface area contributed by atoms with Crippen LogP contribution in [0.25, 0.3) is 0 Å². The van der Waals surface area contributed by atoms with Crippen LogP contribution in [0.4, 0.5) is 0 Å². The molecule has 8 nitrogen and oxygen atoms in total. The standard InChI is InChI=1S/C18H38O.C4H6O7S.2Na/c1-2-3-4-5-6-7-8-9-10-11-12-13-14-15-16-17-18-19;5-3(6)1-2(4(7)8)12(9,10)11;;/h19H,2-18H2,1H3;2H,1H2,(H,5,6)(H,7,8)(H,9,10,11);;/q;;2*+1/p-2. The van der Waals surface area contributed by atoms with E-state index in [9.17, 15) is 28.2 Å². The number of carbonyl (C=O) groups is 2. The third kappa shape index (κ3) is 32.8. The molecule has 0 heterocycles. The molecule has 0 aliphatic heterocycles. The van der Waals surface area contributed by atoms with Crippen molar-refractivity contribution in [3.8, 4) is 0 Å². The van der Waals surface area contributed by atoms with Crippen LogP contribution in [0.15, 0.2) is 0 Å². The van der Waals surface area contributed by atoms with Crippen LogP contribution in [-0.2, 0) is 19.7 Å². The van der Waals surface area contributed by atoms with Gasteiger partial charge in [-0.3, -0.25) is 4.55 Å². The molecule has 11 heteroatoms. The molecule has 1 atom stereocenters. The number of rotatable bonds is 20. The SMILES string of the molecule is CCCCCCCCCCCCCCCCCCO.O=C([O-])CC(C(=O)[O-])S(=O)(=O)O.[Na+].[Na+]. The van der Waals surface area contributed by atoms with Crippen LogP contribution in [0, 0.1) is 0 Å². The predicted molar refractivity (Wildman–Crippen MR) is 117 cm³/mol. The summed E-state index contributed by atoms with van der Waals surface area (Å²) in [5.41, 5.74) is 0. The first-order chi connectivity index (χ1) is 14.7. The fourth-order valence-corrected chi connectivity index (χ4v) is 3.71. The number of hydrogen-bond donors (Lipinski definition) is 2. The van der Waals surface area contributed by atoms with Gasteiger partial charge in [-0.15, -0.1) is 0 Å². The van der Waals surface area contributed by atoms with Crippen molar-refractivity contribution in [2.45, 2.75) is 121 Å². The van der Waals surface area contributed by atoms with Gasteiger partial charge in [0.1, 0.15) is 5.25 Å². The van der Waals surface area contributed by atoms with Crippen molar-refractivity contribution in [3.63, 3.8) is 0 Å². The molecule has 0 aromatic rings. The van der Waals surface area contributed by atoms with Crippen LogP contribution in [0.5, 0.6) is 0 Å². The van der Waals surface area contributed by atoms with Gasteiger partial charge in [0.25, 0.3) is 10.1 Å². The Morgan fingerprint density at radius 1 is 0.697 bits per heavy atom. The second kappa shape index (κ2) is 29.0. The fraction of sp³-hybridized carbons (Fsp3) is 0.909. The summed E-state index contributed by atoms with van der Waals surface area (Å²) in [6.45, 7) is 2.66. The summed E-state index contributed by atoms with van der Waals surface area (Å²) in [5, 5.41) is 25.9. The third-order valence-electron chi connectivity index (χ3n) is 4.99. The number of unbranched alkanes of at least 4 members (excludes halogenated alkanes) is 15.